The first-order valence-electron chi connectivity index (χ1n) is 6.87. The SMILES string of the molecule is CCCC[N+](CCO)(CCO)Cc1ccccc1.[Cl-]. The summed E-state index contributed by atoms with van der Waals surface area (Å²) in [5.74, 6) is 0. The molecule has 0 aliphatic rings. The molecule has 1 aromatic rings. The van der Waals surface area contributed by atoms with Gasteiger partial charge in [-0.25, -0.2) is 0 Å². The van der Waals surface area contributed by atoms with Gasteiger partial charge in [-0.3, -0.25) is 0 Å². The quantitative estimate of drug-likeness (QED) is 0.560. The molecule has 3 nitrogen and oxygen atoms in total. The molecule has 0 fully saturated rings. The van der Waals surface area contributed by atoms with Gasteiger partial charge < -0.3 is 27.1 Å². The summed E-state index contributed by atoms with van der Waals surface area (Å²) in [6, 6.07) is 10.3. The molecule has 0 amide bonds. The second-order valence-electron chi connectivity index (χ2n) is 4.96. The lowest BCUT2D eigenvalue weighted by Gasteiger charge is -2.38. The van der Waals surface area contributed by atoms with Crippen molar-refractivity contribution in [3.63, 3.8) is 0 Å². The van der Waals surface area contributed by atoms with Crippen LogP contribution in [0.4, 0.5) is 0 Å². The van der Waals surface area contributed by atoms with E-state index in [2.05, 4.69) is 19.1 Å². The molecule has 0 atom stereocenters. The van der Waals surface area contributed by atoms with Gasteiger partial charge in [-0.05, 0) is 6.42 Å². The molecule has 1 aromatic carbocycles. The monoisotopic (exact) mass is 287 g/mol. The van der Waals surface area contributed by atoms with Gasteiger partial charge in [0, 0.05) is 5.56 Å². The summed E-state index contributed by atoms with van der Waals surface area (Å²) in [6.07, 6.45) is 2.28. The van der Waals surface area contributed by atoms with E-state index in [0.717, 1.165) is 43.5 Å². The molecule has 4 heteroatoms. The average molecular weight is 288 g/mol. The van der Waals surface area contributed by atoms with Crippen LogP contribution in [0.2, 0.25) is 0 Å². The number of aliphatic hydroxyl groups excluding tert-OH is 2. The van der Waals surface area contributed by atoms with E-state index in [1.807, 2.05) is 18.2 Å². The molecule has 0 heterocycles. The third kappa shape index (κ3) is 6.39. The largest absolute Gasteiger partial charge is 1.00 e. The Kier molecular flexibility index (Phi) is 9.88. The summed E-state index contributed by atoms with van der Waals surface area (Å²) in [7, 11) is 0. The summed E-state index contributed by atoms with van der Waals surface area (Å²) < 4.78 is 0.783. The van der Waals surface area contributed by atoms with Crippen LogP contribution >= 0.6 is 0 Å². The van der Waals surface area contributed by atoms with Gasteiger partial charge >= 0.3 is 0 Å². The van der Waals surface area contributed by atoms with E-state index in [1.165, 1.54) is 5.56 Å². The van der Waals surface area contributed by atoms with Crippen LogP contribution in [0.15, 0.2) is 30.3 Å². The van der Waals surface area contributed by atoms with E-state index in [-0.39, 0.29) is 25.6 Å². The first kappa shape index (κ1) is 18.4. The molecule has 0 aliphatic heterocycles. The zero-order chi connectivity index (χ0) is 13.3. The minimum Gasteiger partial charge on any atom is -1.00 e. The van der Waals surface area contributed by atoms with Gasteiger partial charge in [-0.2, -0.15) is 0 Å². The topological polar surface area (TPSA) is 40.5 Å². The van der Waals surface area contributed by atoms with Crippen molar-refractivity contribution in [3.8, 4) is 0 Å². The number of rotatable bonds is 9. The fourth-order valence-electron chi connectivity index (χ4n) is 2.46. The van der Waals surface area contributed by atoms with E-state index >= 15 is 0 Å². The predicted molar refractivity (Wildman–Crippen MR) is 74.1 cm³/mol. The summed E-state index contributed by atoms with van der Waals surface area (Å²) in [5, 5.41) is 18.6. The highest BCUT2D eigenvalue weighted by molar-refractivity contribution is 5.13. The van der Waals surface area contributed by atoms with Crippen molar-refractivity contribution in [1.82, 2.24) is 0 Å². The maximum atomic E-state index is 9.31. The Balaban J connectivity index is 0.00000324. The zero-order valence-electron chi connectivity index (χ0n) is 11.8. The standard InChI is InChI=1S/C15H26NO2.ClH/c1-2-3-9-16(10-12-17,11-13-18)14-15-7-5-4-6-8-15;/h4-8,17-18H,2-3,9-14H2,1H3;1H/q+1;/p-1. The fourth-order valence-corrected chi connectivity index (χ4v) is 2.46. The van der Waals surface area contributed by atoms with Crippen LogP contribution in [0.1, 0.15) is 25.3 Å². The van der Waals surface area contributed by atoms with Crippen molar-refractivity contribution >= 4 is 0 Å². The minimum absolute atomic E-state index is 0. The molecule has 0 spiro atoms. The van der Waals surface area contributed by atoms with Crippen molar-refractivity contribution in [3.05, 3.63) is 35.9 Å². The van der Waals surface area contributed by atoms with E-state index in [4.69, 9.17) is 0 Å². The molecule has 1 rings (SSSR count). The third-order valence-electron chi connectivity index (χ3n) is 3.50. The highest BCUT2D eigenvalue weighted by atomic mass is 35.5. The van der Waals surface area contributed by atoms with Crippen LogP contribution in [-0.4, -0.2) is 47.5 Å². The number of benzene rings is 1. The summed E-state index contributed by atoms with van der Waals surface area (Å²) in [5.41, 5.74) is 1.27. The Hall–Kier alpha value is -0.610. The highest BCUT2D eigenvalue weighted by Crippen LogP contribution is 2.16. The van der Waals surface area contributed by atoms with E-state index in [9.17, 15) is 10.2 Å². The lowest BCUT2D eigenvalue weighted by Crippen LogP contribution is -3.00. The van der Waals surface area contributed by atoms with Crippen molar-refractivity contribution in [2.75, 3.05) is 32.8 Å². The van der Waals surface area contributed by atoms with Gasteiger partial charge in [0.2, 0.25) is 0 Å². The van der Waals surface area contributed by atoms with Crippen LogP contribution < -0.4 is 12.4 Å². The van der Waals surface area contributed by atoms with Gasteiger partial charge in [0.15, 0.2) is 0 Å². The molecule has 0 aromatic heterocycles. The summed E-state index contributed by atoms with van der Waals surface area (Å²) in [6.45, 7) is 5.88. The molecule has 110 valence electrons. The van der Waals surface area contributed by atoms with Gasteiger partial charge in [-0.1, -0.05) is 43.7 Å². The number of quaternary nitrogens is 1. The lowest BCUT2D eigenvalue weighted by atomic mass is 10.1. The number of hydrogen-bond donors (Lipinski definition) is 2. The van der Waals surface area contributed by atoms with Crippen LogP contribution in [0.25, 0.3) is 0 Å². The average Bonchev–Trinajstić information content (AvgIpc) is 2.38. The van der Waals surface area contributed by atoms with Crippen LogP contribution in [0, 0.1) is 0 Å². The molecule has 0 radical (unpaired) electrons. The van der Waals surface area contributed by atoms with Gasteiger partial charge in [0.05, 0.1) is 19.8 Å². The van der Waals surface area contributed by atoms with Crippen molar-refractivity contribution in [2.45, 2.75) is 26.3 Å². The molecule has 0 bridgehead atoms. The smallest absolute Gasteiger partial charge is 0.104 e. The summed E-state index contributed by atoms with van der Waals surface area (Å²) in [4.78, 5) is 0. The predicted octanol–water partition coefficient (Wildman–Crippen LogP) is -1.21. The maximum absolute atomic E-state index is 9.31. The maximum Gasteiger partial charge on any atom is 0.104 e. The zero-order valence-corrected chi connectivity index (χ0v) is 12.5. The number of nitrogens with zero attached hydrogens (tertiary/aromatic N) is 1. The van der Waals surface area contributed by atoms with Crippen LogP contribution in [0.5, 0.6) is 0 Å². The Labute approximate surface area is 122 Å². The van der Waals surface area contributed by atoms with Crippen molar-refractivity contribution in [1.29, 1.82) is 0 Å². The molecule has 19 heavy (non-hydrogen) atoms. The molecule has 0 unspecified atom stereocenters. The Morgan fingerprint density at radius 2 is 1.53 bits per heavy atom. The van der Waals surface area contributed by atoms with E-state index in [1.54, 1.807) is 0 Å². The number of hydrogen-bond acceptors (Lipinski definition) is 2. The number of unbranched alkanes of at least 4 members (excludes halogenated alkanes) is 1. The number of aliphatic hydroxyl groups is 2. The molecule has 2 N–H and O–H groups in total. The molecular weight excluding hydrogens is 262 g/mol. The Bertz CT molecular complexity index is 313. The Morgan fingerprint density at radius 3 is 2.00 bits per heavy atom. The second kappa shape index (κ2) is 10.2. The molecular formula is C15H26ClNO2. The number of halogens is 1. The van der Waals surface area contributed by atoms with Gasteiger partial charge in [-0.15, -0.1) is 0 Å². The normalized spacial score (nSPS) is 11.1. The minimum atomic E-state index is 0. The van der Waals surface area contributed by atoms with Gasteiger partial charge in [0.1, 0.15) is 19.6 Å². The van der Waals surface area contributed by atoms with Gasteiger partial charge in [0.25, 0.3) is 0 Å². The van der Waals surface area contributed by atoms with Crippen LogP contribution in [-0.2, 0) is 6.54 Å². The summed E-state index contributed by atoms with van der Waals surface area (Å²) >= 11 is 0. The third-order valence-corrected chi connectivity index (χ3v) is 3.50. The fraction of sp³-hybridized carbons (Fsp3) is 0.600. The first-order valence-corrected chi connectivity index (χ1v) is 6.87. The lowest BCUT2D eigenvalue weighted by molar-refractivity contribution is -0.941. The van der Waals surface area contributed by atoms with Crippen molar-refractivity contribution in [2.24, 2.45) is 0 Å². The molecule has 0 saturated carbocycles. The van der Waals surface area contributed by atoms with E-state index in [0.29, 0.717) is 0 Å². The molecule has 0 aliphatic carbocycles. The second-order valence-corrected chi connectivity index (χ2v) is 4.96. The Morgan fingerprint density at radius 1 is 0.947 bits per heavy atom. The molecule has 0 saturated heterocycles. The van der Waals surface area contributed by atoms with E-state index < -0.39 is 0 Å². The van der Waals surface area contributed by atoms with Crippen LogP contribution in [0.3, 0.4) is 0 Å². The van der Waals surface area contributed by atoms with Crippen molar-refractivity contribution < 1.29 is 27.1 Å². The first-order chi connectivity index (χ1) is 8.76. The highest BCUT2D eigenvalue weighted by Gasteiger charge is 2.26.